The average molecular weight is 526 g/mol. The molecule has 202 valence electrons. The maximum absolute atomic E-state index is 13.4. The van der Waals surface area contributed by atoms with Gasteiger partial charge in [-0.3, -0.25) is 4.90 Å². The van der Waals surface area contributed by atoms with Crippen LogP contribution in [-0.4, -0.2) is 74.9 Å². The lowest BCUT2D eigenvalue weighted by molar-refractivity contribution is -0.274. The van der Waals surface area contributed by atoms with E-state index < -0.39 is 36.1 Å². The molecule has 2 aromatic rings. The second-order valence-electron chi connectivity index (χ2n) is 8.28. The van der Waals surface area contributed by atoms with E-state index >= 15 is 0 Å². The molecular weight excluding hydrogens is 495 g/mol. The lowest BCUT2D eigenvalue weighted by atomic mass is 9.93. The normalized spacial score (nSPS) is 16.0. The van der Waals surface area contributed by atoms with Crippen LogP contribution >= 0.6 is 0 Å². The first-order chi connectivity index (χ1) is 17.7. The van der Waals surface area contributed by atoms with Crippen LogP contribution in [0.15, 0.2) is 54.6 Å². The maximum Gasteiger partial charge on any atom is 0.573 e. The van der Waals surface area contributed by atoms with Crippen LogP contribution in [0.1, 0.15) is 18.1 Å². The molecule has 2 aromatic carbocycles. The van der Waals surface area contributed by atoms with Crippen LogP contribution in [0.4, 0.5) is 13.2 Å². The number of esters is 2. The molecule has 3 rings (SSSR count). The Balaban J connectivity index is 1.81. The molecule has 0 aromatic heterocycles. The average Bonchev–Trinajstić information content (AvgIpc) is 2.87. The molecule has 11 heteroatoms. The second-order valence-corrected chi connectivity index (χ2v) is 8.28. The summed E-state index contributed by atoms with van der Waals surface area (Å²) in [4.78, 5) is 28.8. The molecular formula is C26H30F3NO7. The summed E-state index contributed by atoms with van der Waals surface area (Å²) in [7, 11) is 0. The summed E-state index contributed by atoms with van der Waals surface area (Å²) >= 11 is 0. The molecule has 0 radical (unpaired) electrons. The van der Waals surface area contributed by atoms with Crippen LogP contribution in [0.5, 0.6) is 5.75 Å². The van der Waals surface area contributed by atoms with Crippen LogP contribution in [0.25, 0.3) is 0 Å². The number of carbonyl (C=O) groups excluding carboxylic acids is 2. The van der Waals surface area contributed by atoms with Crippen LogP contribution < -0.4 is 4.74 Å². The highest BCUT2D eigenvalue weighted by atomic mass is 19.4. The first-order valence-corrected chi connectivity index (χ1v) is 11.9. The zero-order chi connectivity index (χ0) is 26.7. The van der Waals surface area contributed by atoms with Gasteiger partial charge in [0.05, 0.1) is 13.2 Å². The van der Waals surface area contributed by atoms with Crippen molar-refractivity contribution in [3.63, 3.8) is 0 Å². The highest BCUT2D eigenvalue weighted by Gasteiger charge is 2.51. The van der Waals surface area contributed by atoms with E-state index in [0.29, 0.717) is 38.4 Å². The second kappa shape index (κ2) is 13.4. The SMILES string of the molecule is CCOC(Cc1cccc(OC(F)(F)F)c1)(C(=O)OCCN1CCOCC1)C(=O)OCc1ccccc1. The molecule has 1 heterocycles. The van der Waals surface area contributed by atoms with Crippen molar-refractivity contribution in [2.75, 3.05) is 46.1 Å². The minimum Gasteiger partial charge on any atom is -0.462 e. The summed E-state index contributed by atoms with van der Waals surface area (Å²) in [5.41, 5.74) is -1.36. The minimum atomic E-state index is -4.90. The van der Waals surface area contributed by atoms with Gasteiger partial charge in [-0.05, 0) is 30.2 Å². The van der Waals surface area contributed by atoms with Gasteiger partial charge < -0.3 is 23.7 Å². The summed E-state index contributed by atoms with van der Waals surface area (Å²) in [6, 6.07) is 13.8. The molecule has 0 spiro atoms. The third-order valence-corrected chi connectivity index (χ3v) is 5.59. The Kier molecular flexibility index (Phi) is 10.3. The number of alkyl halides is 3. The van der Waals surface area contributed by atoms with E-state index in [1.165, 1.54) is 12.1 Å². The number of morpholine rings is 1. The van der Waals surface area contributed by atoms with Gasteiger partial charge in [0.25, 0.3) is 5.60 Å². The van der Waals surface area contributed by atoms with Crippen molar-refractivity contribution in [3.8, 4) is 5.75 Å². The van der Waals surface area contributed by atoms with Gasteiger partial charge in [0.15, 0.2) is 0 Å². The molecule has 0 saturated carbocycles. The van der Waals surface area contributed by atoms with Crippen LogP contribution in [0, 0.1) is 0 Å². The number of halogens is 3. The van der Waals surface area contributed by atoms with Crippen molar-refractivity contribution >= 4 is 11.9 Å². The molecule has 0 bridgehead atoms. The standard InChI is InChI=1S/C26H30F3NO7/c1-2-36-25(24(32)35-19-20-7-4-3-5-8-20,23(31)34-16-13-30-11-14-33-15-12-30)18-21-9-6-10-22(17-21)37-26(27,28)29/h3-10,17H,2,11-16,18-19H2,1H3. The molecule has 1 atom stereocenters. The zero-order valence-electron chi connectivity index (χ0n) is 20.5. The lowest BCUT2D eigenvalue weighted by Crippen LogP contribution is -2.53. The predicted octanol–water partition coefficient (Wildman–Crippen LogP) is 3.52. The van der Waals surface area contributed by atoms with Crippen molar-refractivity contribution in [3.05, 3.63) is 65.7 Å². The number of benzene rings is 2. The molecule has 1 unspecified atom stereocenters. The summed E-state index contributed by atoms with van der Waals surface area (Å²) in [5, 5.41) is 0. The van der Waals surface area contributed by atoms with E-state index in [1.54, 1.807) is 37.3 Å². The molecule has 1 aliphatic rings. The fraction of sp³-hybridized carbons (Fsp3) is 0.462. The molecule has 1 aliphatic heterocycles. The highest BCUT2D eigenvalue weighted by molar-refractivity contribution is 6.04. The fourth-order valence-electron chi connectivity index (χ4n) is 3.83. The van der Waals surface area contributed by atoms with E-state index in [2.05, 4.69) is 4.74 Å². The van der Waals surface area contributed by atoms with E-state index in [0.717, 1.165) is 12.1 Å². The maximum atomic E-state index is 13.4. The monoisotopic (exact) mass is 525 g/mol. The zero-order valence-corrected chi connectivity index (χ0v) is 20.5. The Morgan fingerprint density at radius 3 is 2.30 bits per heavy atom. The number of rotatable bonds is 12. The number of ether oxygens (including phenoxy) is 5. The van der Waals surface area contributed by atoms with Gasteiger partial charge in [-0.1, -0.05) is 42.5 Å². The van der Waals surface area contributed by atoms with Gasteiger partial charge in [0.2, 0.25) is 0 Å². The van der Waals surface area contributed by atoms with Gasteiger partial charge in [0, 0.05) is 32.7 Å². The lowest BCUT2D eigenvalue weighted by Gasteiger charge is -2.30. The minimum absolute atomic E-state index is 0.0170. The molecule has 37 heavy (non-hydrogen) atoms. The number of nitrogens with zero attached hydrogens (tertiary/aromatic N) is 1. The smallest absolute Gasteiger partial charge is 0.462 e. The first-order valence-electron chi connectivity index (χ1n) is 11.9. The third kappa shape index (κ3) is 8.73. The number of hydrogen-bond donors (Lipinski definition) is 0. The van der Waals surface area contributed by atoms with E-state index in [4.69, 9.17) is 18.9 Å². The summed E-state index contributed by atoms with van der Waals surface area (Å²) in [6.45, 7) is 4.30. The van der Waals surface area contributed by atoms with Gasteiger partial charge in [0.1, 0.15) is 19.0 Å². The topological polar surface area (TPSA) is 83.5 Å². The van der Waals surface area contributed by atoms with Crippen molar-refractivity contribution < 1.29 is 46.4 Å². The van der Waals surface area contributed by atoms with Crippen molar-refractivity contribution in [2.45, 2.75) is 31.9 Å². The van der Waals surface area contributed by atoms with Gasteiger partial charge in [-0.25, -0.2) is 9.59 Å². The van der Waals surface area contributed by atoms with Gasteiger partial charge in [-0.15, -0.1) is 13.2 Å². The predicted molar refractivity (Wildman–Crippen MR) is 126 cm³/mol. The van der Waals surface area contributed by atoms with E-state index in [9.17, 15) is 22.8 Å². The van der Waals surface area contributed by atoms with Crippen molar-refractivity contribution in [1.29, 1.82) is 0 Å². The van der Waals surface area contributed by atoms with Crippen molar-refractivity contribution in [1.82, 2.24) is 4.90 Å². The Labute approximate surface area is 213 Å². The fourth-order valence-corrected chi connectivity index (χ4v) is 3.83. The molecule has 1 fully saturated rings. The van der Waals surface area contributed by atoms with Gasteiger partial charge >= 0.3 is 18.3 Å². The quantitative estimate of drug-likeness (QED) is 0.308. The van der Waals surface area contributed by atoms with Crippen LogP contribution in [-0.2, 0) is 41.6 Å². The Morgan fingerprint density at radius 1 is 0.946 bits per heavy atom. The van der Waals surface area contributed by atoms with Crippen LogP contribution in [0.3, 0.4) is 0 Å². The first kappa shape index (κ1) is 28.4. The molecule has 8 nitrogen and oxygen atoms in total. The third-order valence-electron chi connectivity index (χ3n) is 5.59. The Hall–Kier alpha value is -3.15. The summed E-state index contributed by atoms with van der Waals surface area (Å²) in [5.74, 6) is -2.48. The van der Waals surface area contributed by atoms with E-state index in [-0.39, 0.29) is 25.4 Å². The van der Waals surface area contributed by atoms with Gasteiger partial charge in [-0.2, -0.15) is 0 Å². The molecule has 0 amide bonds. The Morgan fingerprint density at radius 2 is 1.62 bits per heavy atom. The van der Waals surface area contributed by atoms with Crippen LogP contribution in [0.2, 0.25) is 0 Å². The molecule has 0 aliphatic carbocycles. The molecule has 0 N–H and O–H groups in total. The Bertz CT molecular complexity index is 1010. The number of hydrogen-bond acceptors (Lipinski definition) is 8. The largest absolute Gasteiger partial charge is 0.573 e. The van der Waals surface area contributed by atoms with Crippen molar-refractivity contribution in [2.24, 2.45) is 0 Å². The van der Waals surface area contributed by atoms with E-state index in [1.807, 2.05) is 4.90 Å². The number of carbonyl (C=O) groups is 2. The summed E-state index contributed by atoms with van der Waals surface area (Å²) in [6.07, 6.45) is -5.32. The highest BCUT2D eigenvalue weighted by Crippen LogP contribution is 2.28. The summed E-state index contributed by atoms with van der Waals surface area (Å²) < 4.78 is 64.1. The molecule has 1 saturated heterocycles.